The van der Waals surface area contributed by atoms with Crippen LogP contribution < -0.4 is 5.32 Å². The molecule has 0 radical (unpaired) electrons. The fourth-order valence-electron chi connectivity index (χ4n) is 1.03. The van der Waals surface area contributed by atoms with Gasteiger partial charge in [0.25, 0.3) is 0 Å². The average molecular weight is 228 g/mol. The minimum Gasteiger partial charge on any atom is -0.351 e. The second-order valence-electron chi connectivity index (χ2n) is 2.97. The Bertz CT molecular complexity index is 454. The summed E-state index contributed by atoms with van der Waals surface area (Å²) in [5.41, 5.74) is -0.176. The second-order valence-corrected chi connectivity index (χ2v) is 2.97. The summed E-state index contributed by atoms with van der Waals surface area (Å²) in [6.07, 6.45) is -0.370. The Balaban J connectivity index is 2.72. The third kappa shape index (κ3) is 2.98. The van der Waals surface area contributed by atoms with Gasteiger partial charge in [0.1, 0.15) is 12.2 Å². The van der Waals surface area contributed by atoms with Gasteiger partial charge in [0, 0.05) is 18.2 Å². The molecule has 1 N–H and O–H groups in total. The van der Waals surface area contributed by atoms with E-state index in [9.17, 15) is 18.0 Å². The molecule has 6 heteroatoms. The van der Waals surface area contributed by atoms with Crippen LogP contribution in [0.2, 0.25) is 0 Å². The van der Waals surface area contributed by atoms with E-state index >= 15 is 0 Å². The van der Waals surface area contributed by atoms with Crippen LogP contribution >= 0.6 is 0 Å². The minimum atomic E-state index is -1.29. The van der Waals surface area contributed by atoms with E-state index in [-0.39, 0.29) is 18.5 Å². The van der Waals surface area contributed by atoms with Crippen molar-refractivity contribution in [3.05, 3.63) is 35.1 Å². The van der Waals surface area contributed by atoms with Crippen LogP contribution in [0.3, 0.4) is 0 Å². The van der Waals surface area contributed by atoms with E-state index in [0.29, 0.717) is 12.1 Å². The zero-order valence-corrected chi connectivity index (χ0v) is 8.06. The predicted molar refractivity (Wildman–Crippen MR) is 48.4 cm³/mol. The Morgan fingerprint density at radius 3 is 2.50 bits per heavy atom. The summed E-state index contributed by atoms with van der Waals surface area (Å²) >= 11 is 0. The highest BCUT2D eigenvalue weighted by atomic mass is 19.2. The molecule has 0 aliphatic carbocycles. The molecule has 0 aliphatic rings. The maximum absolute atomic E-state index is 13.0. The van der Waals surface area contributed by atoms with Crippen molar-refractivity contribution in [3.8, 4) is 6.07 Å². The van der Waals surface area contributed by atoms with Crippen LogP contribution in [0.4, 0.5) is 13.2 Å². The molecule has 0 aromatic heterocycles. The fraction of sp³-hybridized carbons (Fsp3) is 0.200. The van der Waals surface area contributed by atoms with Crippen LogP contribution in [0.1, 0.15) is 12.0 Å². The molecule has 0 saturated heterocycles. The average Bonchev–Trinajstić information content (AvgIpc) is 2.22. The molecule has 1 aromatic carbocycles. The lowest BCUT2D eigenvalue weighted by Gasteiger charge is -2.05. The summed E-state index contributed by atoms with van der Waals surface area (Å²) in [4.78, 5) is 10.9. The molecule has 0 bridgehead atoms. The van der Waals surface area contributed by atoms with E-state index in [1.807, 2.05) is 0 Å². The van der Waals surface area contributed by atoms with Crippen LogP contribution in [0.5, 0.6) is 0 Å². The first-order valence-electron chi connectivity index (χ1n) is 4.31. The molecule has 0 spiro atoms. The maximum atomic E-state index is 13.0. The summed E-state index contributed by atoms with van der Waals surface area (Å²) in [5, 5.41) is 10.4. The Morgan fingerprint density at radius 1 is 1.25 bits per heavy atom. The zero-order valence-electron chi connectivity index (χ0n) is 8.06. The number of hydrogen-bond acceptors (Lipinski definition) is 2. The minimum absolute atomic E-state index is 0.176. The van der Waals surface area contributed by atoms with Crippen molar-refractivity contribution in [2.75, 3.05) is 0 Å². The van der Waals surface area contributed by atoms with E-state index in [1.165, 1.54) is 0 Å². The molecule has 0 unspecified atom stereocenters. The molecule has 0 aliphatic heterocycles. The number of hydrogen-bond donors (Lipinski definition) is 1. The van der Waals surface area contributed by atoms with Crippen molar-refractivity contribution in [2.24, 2.45) is 0 Å². The largest absolute Gasteiger partial charge is 0.351 e. The number of rotatable bonds is 3. The Morgan fingerprint density at radius 2 is 1.88 bits per heavy atom. The van der Waals surface area contributed by atoms with Crippen molar-refractivity contribution in [1.82, 2.24) is 5.32 Å². The normalized spacial score (nSPS) is 9.62. The summed E-state index contributed by atoms with van der Waals surface area (Å²) in [5.74, 6) is -4.03. The Kier molecular flexibility index (Phi) is 3.89. The van der Waals surface area contributed by atoms with Crippen LogP contribution in [0, 0.1) is 28.8 Å². The highest BCUT2D eigenvalue weighted by Gasteiger charge is 2.10. The highest BCUT2D eigenvalue weighted by Crippen LogP contribution is 2.13. The molecule has 0 fully saturated rings. The number of nitriles is 1. The lowest BCUT2D eigenvalue weighted by Crippen LogP contribution is -2.22. The van der Waals surface area contributed by atoms with Gasteiger partial charge in [-0.25, -0.2) is 13.2 Å². The van der Waals surface area contributed by atoms with Crippen LogP contribution in [-0.4, -0.2) is 5.91 Å². The number of nitrogens with one attached hydrogen (secondary N) is 1. The number of benzene rings is 1. The molecule has 1 aromatic rings. The summed E-state index contributed by atoms with van der Waals surface area (Å²) in [6.45, 7) is -0.288. The van der Waals surface area contributed by atoms with Crippen molar-refractivity contribution in [3.63, 3.8) is 0 Å². The summed E-state index contributed by atoms with van der Waals surface area (Å²) in [7, 11) is 0. The van der Waals surface area contributed by atoms with E-state index in [0.717, 1.165) is 0 Å². The first kappa shape index (κ1) is 12.0. The van der Waals surface area contributed by atoms with E-state index in [4.69, 9.17) is 5.26 Å². The molecule has 84 valence electrons. The molecule has 0 saturated carbocycles. The number of nitrogens with zero attached hydrogens (tertiary/aromatic N) is 1. The van der Waals surface area contributed by atoms with Gasteiger partial charge in [-0.05, 0) is 6.07 Å². The van der Waals surface area contributed by atoms with Gasteiger partial charge in [0.15, 0.2) is 11.6 Å². The molecule has 3 nitrogen and oxygen atoms in total. The molecule has 0 heterocycles. The van der Waals surface area contributed by atoms with Gasteiger partial charge in [-0.2, -0.15) is 5.26 Å². The van der Waals surface area contributed by atoms with Crippen molar-refractivity contribution in [1.29, 1.82) is 5.26 Å². The molecule has 1 amide bonds. The quantitative estimate of drug-likeness (QED) is 0.799. The van der Waals surface area contributed by atoms with Crippen molar-refractivity contribution < 1.29 is 18.0 Å². The second kappa shape index (κ2) is 5.16. The number of carbonyl (C=O) groups excluding carboxylic acids is 1. The molecule has 0 atom stereocenters. The predicted octanol–water partition coefficient (Wildman–Crippen LogP) is 1.63. The van der Waals surface area contributed by atoms with E-state index < -0.39 is 23.4 Å². The summed E-state index contributed by atoms with van der Waals surface area (Å²) < 4.78 is 38.3. The summed E-state index contributed by atoms with van der Waals surface area (Å²) in [6, 6.07) is 2.67. The third-order valence-corrected chi connectivity index (χ3v) is 1.80. The van der Waals surface area contributed by atoms with Crippen LogP contribution in [-0.2, 0) is 11.3 Å². The maximum Gasteiger partial charge on any atom is 0.234 e. The van der Waals surface area contributed by atoms with Gasteiger partial charge in [-0.15, -0.1) is 0 Å². The third-order valence-electron chi connectivity index (χ3n) is 1.80. The Labute approximate surface area is 89.5 Å². The van der Waals surface area contributed by atoms with Crippen LogP contribution in [0.15, 0.2) is 12.1 Å². The van der Waals surface area contributed by atoms with Gasteiger partial charge < -0.3 is 5.32 Å². The monoisotopic (exact) mass is 228 g/mol. The van der Waals surface area contributed by atoms with Gasteiger partial charge in [-0.1, -0.05) is 0 Å². The number of halogens is 3. The molecular weight excluding hydrogens is 221 g/mol. The van der Waals surface area contributed by atoms with E-state index in [1.54, 1.807) is 6.07 Å². The van der Waals surface area contributed by atoms with E-state index in [2.05, 4.69) is 5.32 Å². The zero-order chi connectivity index (χ0) is 12.1. The van der Waals surface area contributed by atoms with Crippen molar-refractivity contribution in [2.45, 2.75) is 13.0 Å². The van der Waals surface area contributed by atoms with Gasteiger partial charge >= 0.3 is 0 Å². The Hall–Kier alpha value is -2.03. The van der Waals surface area contributed by atoms with Crippen LogP contribution in [0.25, 0.3) is 0 Å². The molecular formula is C10H7F3N2O. The lowest BCUT2D eigenvalue weighted by molar-refractivity contribution is -0.120. The van der Waals surface area contributed by atoms with Gasteiger partial charge in [-0.3, -0.25) is 4.79 Å². The van der Waals surface area contributed by atoms with Gasteiger partial charge in [0.05, 0.1) is 6.07 Å². The van der Waals surface area contributed by atoms with Crippen molar-refractivity contribution >= 4 is 5.91 Å². The number of carbonyl (C=O) groups is 1. The molecule has 16 heavy (non-hydrogen) atoms. The first-order chi connectivity index (χ1) is 7.54. The first-order valence-corrected chi connectivity index (χ1v) is 4.31. The smallest absolute Gasteiger partial charge is 0.234 e. The lowest BCUT2D eigenvalue weighted by atomic mass is 10.2. The van der Waals surface area contributed by atoms with Gasteiger partial charge in [0.2, 0.25) is 5.91 Å². The standard InChI is InChI=1S/C10H7F3N2O/c11-7-4-9(13)8(12)3-6(7)5-15-10(16)1-2-14/h3-4H,1,5H2,(H,15,16). The highest BCUT2D eigenvalue weighted by molar-refractivity contribution is 5.77. The number of amides is 1. The topological polar surface area (TPSA) is 52.9 Å². The fourth-order valence-corrected chi connectivity index (χ4v) is 1.03. The SMILES string of the molecule is N#CCC(=O)NCc1cc(F)c(F)cc1F. The molecule has 1 rings (SSSR count).